The summed E-state index contributed by atoms with van der Waals surface area (Å²) in [6.45, 7) is 5.30. The van der Waals surface area contributed by atoms with E-state index in [1.165, 1.54) is 4.90 Å². The summed E-state index contributed by atoms with van der Waals surface area (Å²) in [5.74, 6) is -1.60. The number of hydrogen-bond acceptors (Lipinski definition) is 9. The number of hydrogen-bond donors (Lipinski definition) is 3. The van der Waals surface area contributed by atoms with Gasteiger partial charge >= 0.3 is 6.09 Å². The summed E-state index contributed by atoms with van der Waals surface area (Å²) >= 11 is 0. The van der Waals surface area contributed by atoms with Crippen LogP contribution < -0.4 is 20.1 Å². The minimum Gasteiger partial charge on any atom is -0.483 e. The quantitative estimate of drug-likeness (QED) is 0.397. The molecule has 14 heteroatoms. The molecule has 0 radical (unpaired) electrons. The van der Waals surface area contributed by atoms with Crippen LogP contribution in [0.25, 0.3) is 10.9 Å². The van der Waals surface area contributed by atoms with Gasteiger partial charge in [-0.3, -0.25) is 24.1 Å². The fourth-order valence-corrected chi connectivity index (χ4v) is 9.12. The number of carbonyl (C=O) groups is 4. The van der Waals surface area contributed by atoms with Crippen molar-refractivity contribution >= 4 is 44.7 Å². The van der Waals surface area contributed by atoms with Crippen LogP contribution in [-0.2, 0) is 35.6 Å². The lowest BCUT2D eigenvalue weighted by atomic mass is 9.87. The highest BCUT2D eigenvalue weighted by Gasteiger charge is 2.63. The Hall–Kier alpha value is -4.20. The molecule has 3 fully saturated rings. The molecule has 2 saturated carbocycles. The number of para-hydroxylation sites is 1. The third-order valence-electron chi connectivity index (χ3n) is 10.7. The van der Waals surface area contributed by atoms with E-state index < -0.39 is 73.8 Å². The molecular formula is C37H47N5O8S. The van der Waals surface area contributed by atoms with Crippen LogP contribution in [-0.4, -0.2) is 82.7 Å². The van der Waals surface area contributed by atoms with Crippen molar-refractivity contribution in [2.24, 2.45) is 5.92 Å². The first-order chi connectivity index (χ1) is 24.2. The number of ether oxygens (including phenoxy) is 2. The number of aryl methyl sites for hydroxylation is 1. The predicted octanol–water partition coefficient (Wildman–Crippen LogP) is 3.80. The Labute approximate surface area is 298 Å². The fraction of sp³-hybridized carbons (Fsp3) is 0.595. The molecule has 51 heavy (non-hydrogen) atoms. The van der Waals surface area contributed by atoms with E-state index in [0.29, 0.717) is 50.7 Å². The van der Waals surface area contributed by atoms with E-state index in [2.05, 4.69) is 20.3 Å². The molecule has 4 amide bonds. The van der Waals surface area contributed by atoms with Crippen LogP contribution in [0.4, 0.5) is 4.79 Å². The van der Waals surface area contributed by atoms with Gasteiger partial charge in [-0.2, -0.15) is 0 Å². The maximum Gasteiger partial charge on any atom is 0.408 e. The minimum atomic E-state index is -3.87. The van der Waals surface area contributed by atoms with Crippen LogP contribution in [0, 0.1) is 5.92 Å². The van der Waals surface area contributed by atoms with Crippen molar-refractivity contribution in [3.8, 4) is 5.75 Å². The van der Waals surface area contributed by atoms with Crippen LogP contribution in [0.2, 0.25) is 0 Å². The van der Waals surface area contributed by atoms with Gasteiger partial charge in [-0.15, -0.1) is 0 Å². The normalized spacial score (nSPS) is 29.8. The summed E-state index contributed by atoms with van der Waals surface area (Å²) in [7, 11) is -3.87. The van der Waals surface area contributed by atoms with Crippen molar-refractivity contribution in [2.75, 3.05) is 6.54 Å². The van der Waals surface area contributed by atoms with Crippen LogP contribution in [0.15, 0.2) is 42.6 Å². The lowest BCUT2D eigenvalue weighted by Gasteiger charge is -2.36. The molecule has 1 saturated heterocycles. The number of fused-ring (bicyclic) bond motifs is 5. The van der Waals surface area contributed by atoms with E-state index >= 15 is 0 Å². The fourth-order valence-electron chi connectivity index (χ4n) is 7.75. The topological polar surface area (TPSA) is 173 Å². The highest BCUT2D eigenvalue weighted by molar-refractivity contribution is 7.91. The van der Waals surface area contributed by atoms with Gasteiger partial charge in [0, 0.05) is 23.3 Å². The van der Waals surface area contributed by atoms with Gasteiger partial charge in [0.1, 0.15) is 34.6 Å². The highest BCUT2D eigenvalue weighted by Crippen LogP contribution is 2.47. The largest absolute Gasteiger partial charge is 0.483 e. The summed E-state index contributed by atoms with van der Waals surface area (Å²) in [5.41, 5.74) is -1.35. The number of nitrogens with zero attached hydrogens (tertiary/aromatic N) is 2. The van der Waals surface area contributed by atoms with E-state index in [-0.39, 0.29) is 19.4 Å². The Balaban J connectivity index is 1.21. The summed E-state index contributed by atoms with van der Waals surface area (Å²) in [4.78, 5) is 61.8. The molecule has 4 heterocycles. The number of rotatable bonds is 4. The smallest absolute Gasteiger partial charge is 0.408 e. The minimum absolute atomic E-state index is 0.0707. The van der Waals surface area contributed by atoms with Gasteiger partial charge in [-0.25, -0.2) is 13.2 Å². The molecule has 1 aromatic heterocycles. The first kappa shape index (κ1) is 35.2. The second kappa shape index (κ2) is 13.1. The Morgan fingerprint density at radius 1 is 1.08 bits per heavy atom. The molecular weight excluding hydrogens is 675 g/mol. The number of allylic oxidation sites excluding steroid dienone is 1. The third kappa shape index (κ3) is 7.29. The third-order valence-corrected chi connectivity index (χ3v) is 12.5. The van der Waals surface area contributed by atoms with Crippen molar-refractivity contribution in [3.05, 3.63) is 48.2 Å². The number of amides is 4. The number of carbonyl (C=O) groups excluding carboxylic acids is 4. The van der Waals surface area contributed by atoms with Gasteiger partial charge in [0.05, 0.1) is 23.5 Å². The first-order valence-corrected chi connectivity index (χ1v) is 19.6. The molecule has 274 valence electrons. The predicted molar refractivity (Wildman–Crippen MR) is 188 cm³/mol. The Morgan fingerprint density at radius 2 is 1.86 bits per heavy atom. The Bertz CT molecular complexity index is 1890. The molecule has 5 unspecified atom stereocenters. The number of nitrogens with one attached hydrogen (secondary N) is 3. The van der Waals surface area contributed by atoms with Crippen molar-refractivity contribution in [3.63, 3.8) is 0 Å². The van der Waals surface area contributed by atoms with Gasteiger partial charge in [-0.05, 0) is 78.2 Å². The average Bonchev–Trinajstić information content (AvgIpc) is 4.00. The van der Waals surface area contributed by atoms with E-state index in [1.807, 2.05) is 36.4 Å². The number of pyridine rings is 1. The molecule has 0 bridgehead atoms. The zero-order valence-electron chi connectivity index (χ0n) is 29.4. The van der Waals surface area contributed by atoms with Crippen LogP contribution in [0.5, 0.6) is 5.75 Å². The van der Waals surface area contributed by atoms with E-state index in [9.17, 15) is 27.6 Å². The average molecular weight is 722 g/mol. The molecule has 7 rings (SSSR count). The second-order valence-corrected chi connectivity index (χ2v) is 17.8. The standard InChI is InChI=1S/C37H47N5O8S/c1-35(2,3)50-34(46)39-28-14-8-6-4-5-7-11-23-19-37(23,33(45)41-51(47,48)24-15-16-24)40-31(43)29-20-36(22-42(29)32(28)44)18-17-26-25-12-9-10-13-27(25)38-21-30(26)49-36/h7,9-13,21,23-24,28-29H,4-6,8,14-20,22H2,1-3H3,(H,39,46)(H,40,43)(H,41,45). The van der Waals surface area contributed by atoms with E-state index in [4.69, 9.17) is 9.47 Å². The second-order valence-electron chi connectivity index (χ2n) is 15.8. The number of alkyl carbamates (subject to hydrolysis) is 1. The van der Waals surface area contributed by atoms with Gasteiger partial charge in [-0.1, -0.05) is 43.2 Å². The molecule has 5 aliphatic rings. The van der Waals surface area contributed by atoms with Gasteiger partial charge in [0.2, 0.25) is 21.8 Å². The van der Waals surface area contributed by atoms with Crippen molar-refractivity contribution in [1.82, 2.24) is 25.2 Å². The molecule has 3 aliphatic heterocycles. The van der Waals surface area contributed by atoms with Crippen molar-refractivity contribution < 1.29 is 37.1 Å². The summed E-state index contributed by atoms with van der Waals surface area (Å²) in [6.07, 6.45) is 10.6. The van der Waals surface area contributed by atoms with Crippen LogP contribution >= 0.6 is 0 Å². The molecule has 13 nitrogen and oxygen atoms in total. The van der Waals surface area contributed by atoms with Crippen molar-refractivity contribution in [1.29, 1.82) is 0 Å². The summed E-state index contributed by atoms with van der Waals surface area (Å²) in [6, 6.07) is 5.78. The highest BCUT2D eigenvalue weighted by atomic mass is 32.2. The van der Waals surface area contributed by atoms with E-state index in [0.717, 1.165) is 29.3 Å². The molecule has 5 atom stereocenters. The first-order valence-electron chi connectivity index (χ1n) is 18.1. The summed E-state index contributed by atoms with van der Waals surface area (Å²) in [5, 5.41) is 6.07. The monoisotopic (exact) mass is 721 g/mol. The number of aromatic nitrogens is 1. The van der Waals surface area contributed by atoms with E-state index in [1.54, 1.807) is 27.0 Å². The van der Waals surface area contributed by atoms with Gasteiger partial charge in [0.25, 0.3) is 5.91 Å². The molecule has 2 aromatic rings. The zero-order valence-corrected chi connectivity index (χ0v) is 30.2. The summed E-state index contributed by atoms with van der Waals surface area (Å²) < 4.78 is 40.1. The molecule has 3 N–H and O–H groups in total. The van der Waals surface area contributed by atoms with Crippen LogP contribution in [0.1, 0.15) is 90.5 Å². The Morgan fingerprint density at radius 3 is 2.63 bits per heavy atom. The number of benzene rings is 1. The molecule has 1 spiro atoms. The Kier molecular flexibility index (Phi) is 9.04. The lowest BCUT2D eigenvalue weighted by Crippen LogP contribution is -2.58. The van der Waals surface area contributed by atoms with Gasteiger partial charge < -0.3 is 25.0 Å². The SMILES string of the molecule is CC(C)(C)OC(=O)NC1CCCCCC=CC2CC2(C(=O)NS(=O)(=O)C2CC2)NC(=O)C2CC3(CCc4c(cnc5ccccc45)O3)CN2C1=O. The van der Waals surface area contributed by atoms with Gasteiger partial charge in [0.15, 0.2) is 0 Å². The molecule has 2 aliphatic carbocycles. The van der Waals surface area contributed by atoms with Crippen molar-refractivity contribution in [2.45, 2.75) is 125 Å². The number of sulfonamides is 1. The maximum absolute atomic E-state index is 14.6. The lowest BCUT2D eigenvalue weighted by molar-refractivity contribution is -0.141. The zero-order chi connectivity index (χ0) is 36.2. The maximum atomic E-state index is 14.6. The molecule has 1 aromatic carbocycles. The van der Waals surface area contributed by atoms with Crippen LogP contribution in [0.3, 0.4) is 0 Å².